The summed E-state index contributed by atoms with van der Waals surface area (Å²) in [6.45, 7) is -0.828. The van der Waals surface area contributed by atoms with Gasteiger partial charge in [0.2, 0.25) is 11.9 Å². The number of nitrogens with zero attached hydrogens (tertiary/aromatic N) is 5. The van der Waals surface area contributed by atoms with Gasteiger partial charge in [-0.3, -0.25) is 4.98 Å². The number of nitrogens with one attached hydrogen (secondary N) is 2. The maximum Gasteiger partial charge on any atom is 0.433 e. The minimum atomic E-state index is -4.73. The van der Waals surface area contributed by atoms with E-state index in [1.54, 1.807) is 0 Å². The first-order valence-electron chi connectivity index (χ1n) is 9.09. The van der Waals surface area contributed by atoms with Gasteiger partial charge < -0.3 is 20.8 Å². The molecule has 3 aromatic rings. The van der Waals surface area contributed by atoms with E-state index in [1.807, 2.05) is 0 Å². The highest BCUT2D eigenvalue weighted by molar-refractivity contribution is 5.59. The molecule has 15 heteroatoms. The van der Waals surface area contributed by atoms with Crippen molar-refractivity contribution >= 4 is 17.6 Å². The van der Waals surface area contributed by atoms with E-state index in [1.165, 1.54) is 12.1 Å². The predicted molar refractivity (Wildman–Crippen MR) is 102 cm³/mol. The maximum absolute atomic E-state index is 13.0. The molecule has 1 atom stereocenters. The van der Waals surface area contributed by atoms with Crippen LogP contribution in [0.2, 0.25) is 0 Å². The van der Waals surface area contributed by atoms with Gasteiger partial charge in [0.1, 0.15) is 17.1 Å². The highest BCUT2D eigenvalue weighted by Gasteiger charge is 2.33. The summed E-state index contributed by atoms with van der Waals surface area (Å²) in [5, 5.41) is 23.5. The summed E-state index contributed by atoms with van der Waals surface area (Å²) < 4.78 is 77.8. The van der Waals surface area contributed by atoms with Crippen LogP contribution in [-0.2, 0) is 12.4 Å². The van der Waals surface area contributed by atoms with Crippen molar-refractivity contribution < 1.29 is 36.6 Å². The first-order chi connectivity index (χ1) is 15.5. The van der Waals surface area contributed by atoms with Gasteiger partial charge in [0.15, 0.2) is 5.82 Å². The fraction of sp³-hybridized carbons (Fsp3) is 0.278. The lowest BCUT2D eigenvalue weighted by atomic mass is 10.3. The monoisotopic (exact) mass is 475 g/mol. The summed E-state index contributed by atoms with van der Waals surface area (Å²) in [6.07, 6.45) is -9.75. The number of aliphatic hydroxyl groups is 2. The third-order valence-electron chi connectivity index (χ3n) is 3.92. The van der Waals surface area contributed by atoms with E-state index >= 15 is 0 Å². The largest absolute Gasteiger partial charge is 0.433 e. The lowest BCUT2D eigenvalue weighted by Gasteiger charge is -2.13. The Balaban J connectivity index is 2.00. The van der Waals surface area contributed by atoms with E-state index in [0.717, 1.165) is 18.3 Å². The number of alkyl halides is 6. The maximum atomic E-state index is 13.0. The van der Waals surface area contributed by atoms with Crippen LogP contribution in [0.3, 0.4) is 0 Å². The Morgan fingerprint density at radius 2 is 1.58 bits per heavy atom. The number of rotatable bonds is 7. The molecule has 0 aliphatic rings. The molecule has 0 amide bonds. The smallest absolute Gasteiger partial charge is 0.394 e. The summed E-state index contributed by atoms with van der Waals surface area (Å²) in [4.78, 5) is 18.5. The van der Waals surface area contributed by atoms with Crippen molar-refractivity contribution in [1.29, 1.82) is 0 Å². The van der Waals surface area contributed by atoms with Crippen molar-refractivity contribution in [2.45, 2.75) is 18.5 Å². The number of halogens is 6. The minimum absolute atomic E-state index is 0.104. The van der Waals surface area contributed by atoms with Gasteiger partial charge in [-0.25, -0.2) is 4.98 Å². The lowest BCUT2D eigenvalue weighted by molar-refractivity contribution is -0.141. The molecule has 4 N–H and O–H groups in total. The molecule has 0 fully saturated rings. The van der Waals surface area contributed by atoms with Crippen LogP contribution in [0.1, 0.15) is 11.4 Å². The van der Waals surface area contributed by atoms with Gasteiger partial charge in [-0.2, -0.15) is 41.3 Å². The first-order valence-corrected chi connectivity index (χ1v) is 9.09. The Morgan fingerprint density at radius 1 is 0.879 bits per heavy atom. The highest BCUT2D eigenvalue weighted by atomic mass is 19.4. The van der Waals surface area contributed by atoms with Crippen LogP contribution in [0.25, 0.3) is 11.5 Å². The molecule has 0 aliphatic carbocycles. The molecule has 3 aromatic heterocycles. The van der Waals surface area contributed by atoms with Gasteiger partial charge in [-0.05, 0) is 24.3 Å². The fourth-order valence-electron chi connectivity index (χ4n) is 2.41. The van der Waals surface area contributed by atoms with Gasteiger partial charge in [-0.15, -0.1) is 0 Å². The summed E-state index contributed by atoms with van der Waals surface area (Å²) in [6, 6.07) is 4.92. The molecule has 0 saturated carbocycles. The molecule has 0 radical (unpaired) electrons. The van der Waals surface area contributed by atoms with Crippen LogP contribution in [-0.4, -0.2) is 54.4 Å². The molecule has 3 heterocycles. The van der Waals surface area contributed by atoms with E-state index in [-0.39, 0.29) is 35.6 Å². The zero-order valence-corrected chi connectivity index (χ0v) is 16.4. The van der Waals surface area contributed by atoms with Gasteiger partial charge in [0.25, 0.3) is 0 Å². The SMILES string of the molecule is OCC(O)CNc1nc(Nc2ccnc(C(F)(F)F)c2)nc(-c2cccc(C(F)(F)F)n2)n1. The molecule has 0 aliphatic heterocycles. The summed E-state index contributed by atoms with van der Waals surface area (Å²) in [5.74, 6) is -0.886. The molecule has 0 spiro atoms. The predicted octanol–water partition coefficient (Wildman–Crippen LogP) is 2.87. The van der Waals surface area contributed by atoms with Crippen molar-refractivity contribution in [3.05, 3.63) is 47.9 Å². The number of aromatic nitrogens is 5. The Bertz CT molecular complexity index is 1110. The van der Waals surface area contributed by atoms with Crippen molar-refractivity contribution in [2.75, 3.05) is 23.8 Å². The molecular weight excluding hydrogens is 460 g/mol. The standard InChI is InChI=1S/C18H15F6N7O2/c19-17(20,21)12-3-1-2-11(28-12)14-29-15(26-7-10(33)8-32)31-16(30-14)27-9-4-5-25-13(6-9)18(22,23)24/h1-6,10,32-33H,7-8H2,(H2,25,26,27,29,30,31). The van der Waals surface area contributed by atoms with Crippen LogP contribution in [0, 0.1) is 0 Å². The van der Waals surface area contributed by atoms with Gasteiger partial charge in [0, 0.05) is 18.4 Å². The van der Waals surface area contributed by atoms with Gasteiger partial charge >= 0.3 is 12.4 Å². The van der Waals surface area contributed by atoms with Gasteiger partial charge in [-0.1, -0.05) is 6.07 Å². The van der Waals surface area contributed by atoms with Crippen molar-refractivity contribution in [1.82, 2.24) is 24.9 Å². The number of pyridine rings is 2. The second kappa shape index (κ2) is 9.50. The van der Waals surface area contributed by atoms with E-state index < -0.39 is 36.5 Å². The van der Waals surface area contributed by atoms with Crippen LogP contribution < -0.4 is 10.6 Å². The van der Waals surface area contributed by atoms with E-state index in [4.69, 9.17) is 5.11 Å². The third kappa shape index (κ3) is 6.45. The summed E-state index contributed by atoms with van der Waals surface area (Å²) in [5.41, 5.74) is -2.78. The zero-order chi connectivity index (χ0) is 24.2. The number of aliphatic hydroxyl groups excluding tert-OH is 2. The molecular formula is C18H15F6N7O2. The average Bonchev–Trinajstić information content (AvgIpc) is 2.76. The highest BCUT2D eigenvalue weighted by Crippen LogP contribution is 2.31. The Morgan fingerprint density at radius 3 is 2.24 bits per heavy atom. The molecule has 9 nitrogen and oxygen atoms in total. The Labute approximate surface area is 181 Å². The lowest BCUT2D eigenvalue weighted by Crippen LogP contribution is -2.24. The van der Waals surface area contributed by atoms with Crippen LogP contribution in [0.4, 0.5) is 43.9 Å². The van der Waals surface area contributed by atoms with Gasteiger partial charge in [0.05, 0.1) is 12.7 Å². The molecule has 3 rings (SSSR count). The average molecular weight is 475 g/mol. The quantitative estimate of drug-likeness (QED) is 0.381. The number of hydrogen-bond acceptors (Lipinski definition) is 9. The normalized spacial score (nSPS) is 13.0. The second-order valence-electron chi connectivity index (χ2n) is 6.48. The van der Waals surface area contributed by atoms with E-state index in [9.17, 15) is 31.4 Å². The Kier molecular flexibility index (Phi) is 6.92. The molecule has 0 aromatic carbocycles. The van der Waals surface area contributed by atoms with Crippen molar-refractivity contribution in [3.63, 3.8) is 0 Å². The first kappa shape index (κ1) is 24.1. The zero-order valence-electron chi connectivity index (χ0n) is 16.4. The molecule has 0 saturated heterocycles. The third-order valence-corrected chi connectivity index (χ3v) is 3.92. The minimum Gasteiger partial charge on any atom is -0.394 e. The van der Waals surface area contributed by atoms with Crippen molar-refractivity contribution in [2.24, 2.45) is 0 Å². The fourth-order valence-corrected chi connectivity index (χ4v) is 2.41. The molecule has 1 unspecified atom stereocenters. The number of hydrogen-bond donors (Lipinski definition) is 4. The molecule has 0 bridgehead atoms. The summed E-state index contributed by atoms with van der Waals surface area (Å²) >= 11 is 0. The van der Waals surface area contributed by atoms with E-state index in [2.05, 4.69) is 35.6 Å². The van der Waals surface area contributed by atoms with Crippen LogP contribution in [0.15, 0.2) is 36.5 Å². The second-order valence-corrected chi connectivity index (χ2v) is 6.48. The topological polar surface area (TPSA) is 129 Å². The van der Waals surface area contributed by atoms with Crippen LogP contribution >= 0.6 is 0 Å². The molecule has 176 valence electrons. The van der Waals surface area contributed by atoms with E-state index in [0.29, 0.717) is 6.07 Å². The Hall–Kier alpha value is -3.59. The van der Waals surface area contributed by atoms with Crippen molar-refractivity contribution in [3.8, 4) is 11.5 Å². The van der Waals surface area contributed by atoms with Crippen LogP contribution in [0.5, 0.6) is 0 Å². The molecule has 33 heavy (non-hydrogen) atoms. The number of anilines is 3. The summed E-state index contributed by atoms with van der Waals surface area (Å²) in [7, 11) is 0.